The van der Waals surface area contributed by atoms with E-state index in [1.54, 1.807) is 13.1 Å². The molecule has 4 aromatic heterocycles. The Morgan fingerprint density at radius 3 is 2.83 bits per heavy atom. The fourth-order valence-electron chi connectivity index (χ4n) is 4.37. The highest BCUT2D eigenvalue weighted by atomic mass is 19.1. The van der Waals surface area contributed by atoms with Gasteiger partial charge in [-0.15, -0.1) is 5.10 Å². The lowest BCUT2D eigenvalue weighted by Crippen LogP contribution is -2.40. The second-order valence-corrected chi connectivity index (χ2v) is 8.46. The summed E-state index contributed by atoms with van der Waals surface area (Å²) >= 11 is 0. The summed E-state index contributed by atoms with van der Waals surface area (Å²) in [4.78, 5) is 5.31. The first-order valence-electron chi connectivity index (χ1n) is 11.2. The van der Waals surface area contributed by atoms with Crippen molar-refractivity contribution in [2.75, 3.05) is 19.7 Å². The molecule has 1 aliphatic rings. The Morgan fingerprint density at radius 1 is 1.31 bits per heavy atom. The SMILES string of the molecule is Cc1c(-c2cc(O[C@H](CO)c3ccc(F)cn3)c3c(F)cnn3c2)nnn1[C@@H]1CCN(C#N)C[C@@H]1F. The summed E-state index contributed by atoms with van der Waals surface area (Å²) < 4.78 is 51.4. The number of nitrogens with zero attached hydrogens (tertiary/aromatic N) is 8. The van der Waals surface area contributed by atoms with Gasteiger partial charge in [0.15, 0.2) is 18.1 Å². The van der Waals surface area contributed by atoms with Crippen molar-refractivity contribution < 1.29 is 23.0 Å². The second kappa shape index (κ2) is 9.46. The first-order chi connectivity index (χ1) is 17.4. The number of hydrogen-bond acceptors (Lipinski definition) is 8. The predicted octanol–water partition coefficient (Wildman–Crippen LogP) is 2.75. The van der Waals surface area contributed by atoms with Gasteiger partial charge in [-0.1, -0.05) is 5.21 Å². The van der Waals surface area contributed by atoms with E-state index < -0.39 is 36.6 Å². The molecule has 186 valence electrons. The number of hydrogen-bond donors (Lipinski definition) is 1. The Kier molecular flexibility index (Phi) is 6.19. The van der Waals surface area contributed by atoms with Crippen LogP contribution in [0.3, 0.4) is 0 Å². The molecule has 0 spiro atoms. The molecule has 0 bridgehead atoms. The van der Waals surface area contributed by atoms with E-state index in [1.807, 2.05) is 6.19 Å². The van der Waals surface area contributed by atoms with Crippen LogP contribution >= 0.6 is 0 Å². The summed E-state index contributed by atoms with van der Waals surface area (Å²) in [5, 5.41) is 31.3. The molecule has 3 atom stereocenters. The third-order valence-electron chi connectivity index (χ3n) is 6.21. The summed E-state index contributed by atoms with van der Waals surface area (Å²) in [6.07, 6.45) is 3.60. The highest BCUT2D eigenvalue weighted by molar-refractivity contribution is 5.70. The molecule has 5 rings (SSSR count). The molecule has 0 radical (unpaired) electrons. The van der Waals surface area contributed by atoms with Crippen LogP contribution in [0, 0.1) is 30.0 Å². The molecule has 10 nitrogen and oxygen atoms in total. The van der Waals surface area contributed by atoms with Crippen molar-refractivity contribution in [3.8, 4) is 23.2 Å². The number of nitriles is 1. The molecule has 1 fully saturated rings. The lowest BCUT2D eigenvalue weighted by atomic mass is 10.0. The van der Waals surface area contributed by atoms with Gasteiger partial charge in [-0.2, -0.15) is 10.4 Å². The van der Waals surface area contributed by atoms with Crippen LogP contribution < -0.4 is 4.74 Å². The van der Waals surface area contributed by atoms with Gasteiger partial charge in [-0.05, 0) is 31.5 Å². The zero-order chi connectivity index (χ0) is 25.4. The largest absolute Gasteiger partial charge is 0.479 e. The molecule has 4 aromatic rings. The molecule has 0 aliphatic carbocycles. The van der Waals surface area contributed by atoms with Crippen LogP contribution in [0.1, 0.15) is 30.0 Å². The standard InChI is InChI=1S/C23H21F3N8O2/c1-13-22(30-31-34(13)19-4-5-32(12-27)10-17(19)26)14-6-20(23-16(25)8-29-33(23)9-14)36-21(11-35)18-3-2-15(24)7-28-18/h2-3,6-9,17,19,21,35H,4-5,10-11H2,1H3/t17-,19+,21+/m0/s1. The van der Waals surface area contributed by atoms with Gasteiger partial charge < -0.3 is 14.7 Å². The number of aromatic nitrogens is 6. The Morgan fingerprint density at radius 2 is 2.14 bits per heavy atom. The lowest BCUT2D eigenvalue weighted by molar-refractivity contribution is 0.114. The van der Waals surface area contributed by atoms with Crippen LogP contribution in [0.5, 0.6) is 5.75 Å². The lowest BCUT2D eigenvalue weighted by Gasteiger charge is -2.31. The minimum absolute atomic E-state index is 0.0215. The van der Waals surface area contributed by atoms with Crippen molar-refractivity contribution in [2.45, 2.75) is 31.7 Å². The van der Waals surface area contributed by atoms with E-state index in [4.69, 9.17) is 10.00 Å². The van der Waals surface area contributed by atoms with Crippen molar-refractivity contribution >= 4 is 5.52 Å². The average Bonchev–Trinajstić information content (AvgIpc) is 3.45. The average molecular weight is 498 g/mol. The third kappa shape index (κ3) is 4.20. The zero-order valence-corrected chi connectivity index (χ0v) is 19.1. The van der Waals surface area contributed by atoms with Crippen LogP contribution in [-0.4, -0.2) is 65.5 Å². The van der Waals surface area contributed by atoms with Crippen LogP contribution in [0.15, 0.2) is 36.8 Å². The minimum atomic E-state index is -1.30. The van der Waals surface area contributed by atoms with Crippen molar-refractivity contribution in [3.63, 3.8) is 0 Å². The smallest absolute Gasteiger partial charge is 0.179 e. The van der Waals surface area contributed by atoms with Gasteiger partial charge in [0.2, 0.25) is 0 Å². The van der Waals surface area contributed by atoms with E-state index in [1.165, 1.54) is 32.3 Å². The summed E-state index contributed by atoms with van der Waals surface area (Å²) in [5.74, 6) is -1.15. The second-order valence-electron chi connectivity index (χ2n) is 8.46. The van der Waals surface area contributed by atoms with Gasteiger partial charge in [0.1, 0.15) is 28.9 Å². The summed E-state index contributed by atoms with van der Waals surface area (Å²) in [5.41, 5.74) is 1.73. The minimum Gasteiger partial charge on any atom is -0.479 e. The van der Waals surface area contributed by atoms with Crippen molar-refractivity contribution in [3.05, 3.63) is 59.8 Å². The van der Waals surface area contributed by atoms with Gasteiger partial charge >= 0.3 is 0 Å². The van der Waals surface area contributed by atoms with Crippen LogP contribution in [0.25, 0.3) is 16.8 Å². The van der Waals surface area contributed by atoms with E-state index in [-0.39, 0.29) is 23.5 Å². The highest BCUT2D eigenvalue weighted by Crippen LogP contribution is 2.34. The number of halogens is 3. The molecular formula is C23H21F3N8O2. The van der Waals surface area contributed by atoms with E-state index in [2.05, 4.69) is 20.4 Å². The number of likely N-dealkylation sites (tertiary alicyclic amines) is 1. The molecule has 1 aliphatic heterocycles. The molecule has 0 unspecified atom stereocenters. The fraction of sp³-hybridized carbons (Fsp3) is 0.348. The van der Waals surface area contributed by atoms with E-state index in [0.29, 0.717) is 29.9 Å². The third-order valence-corrected chi connectivity index (χ3v) is 6.21. The molecule has 0 amide bonds. The maximum absolute atomic E-state index is 14.8. The Bertz CT molecular complexity index is 1430. The zero-order valence-electron chi connectivity index (χ0n) is 19.1. The molecule has 0 saturated carbocycles. The highest BCUT2D eigenvalue weighted by Gasteiger charge is 2.33. The Labute approximate surface area is 203 Å². The summed E-state index contributed by atoms with van der Waals surface area (Å²) in [6, 6.07) is 3.49. The molecule has 13 heteroatoms. The van der Waals surface area contributed by atoms with Crippen LogP contribution in [-0.2, 0) is 0 Å². The predicted molar refractivity (Wildman–Crippen MR) is 119 cm³/mol. The van der Waals surface area contributed by atoms with E-state index in [0.717, 1.165) is 12.4 Å². The number of piperidine rings is 1. The van der Waals surface area contributed by atoms with E-state index in [9.17, 15) is 18.3 Å². The van der Waals surface area contributed by atoms with Gasteiger partial charge in [0, 0.05) is 18.3 Å². The number of pyridine rings is 2. The maximum Gasteiger partial charge on any atom is 0.179 e. The summed E-state index contributed by atoms with van der Waals surface area (Å²) in [7, 11) is 0. The van der Waals surface area contributed by atoms with Gasteiger partial charge in [-0.25, -0.2) is 22.4 Å². The van der Waals surface area contributed by atoms with Crippen molar-refractivity contribution in [1.82, 2.24) is 34.5 Å². The first-order valence-corrected chi connectivity index (χ1v) is 11.2. The van der Waals surface area contributed by atoms with Crippen molar-refractivity contribution in [2.24, 2.45) is 0 Å². The first kappa shape index (κ1) is 23.6. The normalized spacial score (nSPS) is 18.8. The number of aliphatic hydroxyl groups is 1. The molecule has 1 N–H and O–H groups in total. The van der Waals surface area contributed by atoms with Gasteiger partial charge in [0.25, 0.3) is 0 Å². The number of alkyl halides is 1. The van der Waals surface area contributed by atoms with Crippen LogP contribution in [0.2, 0.25) is 0 Å². The number of ether oxygens (including phenoxy) is 1. The Balaban J connectivity index is 1.52. The fourth-order valence-corrected chi connectivity index (χ4v) is 4.37. The monoisotopic (exact) mass is 498 g/mol. The molecule has 36 heavy (non-hydrogen) atoms. The quantitative estimate of drug-likeness (QED) is 0.404. The molecule has 0 aromatic carbocycles. The summed E-state index contributed by atoms with van der Waals surface area (Å²) in [6.45, 7) is 1.63. The number of fused-ring (bicyclic) bond motifs is 1. The maximum atomic E-state index is 14.8. The number of rotatable bonds is 6. The van der Waals surface area contributed by atoms with Gasteiger partial charge in [-0.3, -0.25) is 4.98 Å². The van der Waals surface area contributed by atoms with E-state index >= 15 is 0 Å². The Hall–Kier alpha value is -4.18. The molecule has 1 saturated heterocycles. The molecular weight excluding hydrogens is 477 g/mol. The van der Waals surface area contributed by atoms with Crippen molar-refractivity contribution in [1.29, 1.82) is 5.26 Å². The topological polar surface area (TPSA) is 117 Å². The van der Waals surface area contributed by atoms with Crippen LogP contribution in [0.4, 0.5) is 13.2 Å². The molecule has 5 heterocycles. The van der Waals surface area contributed by atoms with Gasteiger partial charge in [0.05, 0.1) is 43.0 Å². The number of aliphatic hydroxyl groups excluding tert-OH is 1.